The van der Waals surface area contributed by atoms with E-state index in [4.69, 9.17) is 0 Å². The molecule has 1 aliphatic heterocycles. The van der Waals surface area contributed by atoms with Crippen molar-refractivity contribution in [1.82, 2.24) is 15.1 Å². The number of hydrogen-bond acceptors (Lipinski definition) is 2. The molecular formula is C23H35N3O. The fraction of sp³-hybridized carbons (Fsp3) is 0.696. The maximum atomic E-state index is 12.3. The highest BCUT2D eigenvalue weighted by atomic mass is 16.2. The molecule has 4 nitrogen and oxygen atoms in total. The summed E-state index contributed by atoms with van der Waals surface area (Å²) in [6.07, 6.45) is 9.45. The van der Waals surface area contributed by atoms with Crippen molar-refractivity contribution in [1.29, 1.82) is 0 Å². The Balaban J connectivity index is 0.00000192. The minimum Gasteiger partial charge on any atom is -0.331 e. The van der Waals surface area contributed by atoms with E-state index < -0.39 is 0 Å². The molecule has 1 aromatic rings. The molecule has 1 aromatic carbocycles. The van der Waals surface area contributed by atoms with Crippen molar-refractivity contribution in [2.45, 2.75) is 62.4 Å². The number of amides is 2. The quantitative estimate of drug-likeness (QED) is 0.849. The summed E-state index contributed by atoms with van der Waals surface area (Å²) in [5, 5.41) is 3.27. The summed E-state index contributed by atoms with van der Waals surface area (Å²) in [7, 11) is 3.64. The minimum absolute atomic E-state index is 0. The molecule has 0 unspecified atom stereocenters. The van der Waals surface area contributed by atoms with E-state index in [0.717, 1.165) is 24.3 Å². The second-order valence-corrected chi connectivity index (χ2v) is 9.75. The molecule has 4 aliphatic rings. The number of hydrogen-bond donors (Lipinski definition) is 1. The topological polar surface area (TPSA) is 35.6 Å². The van der Waals surface area contributed by atoms with Crippen molar-refractivity contribution in [2.24, 2.45) is 11.8 Å². The smallest absolute Gasteiger partial charge is 0.317 e. The molecule has 2 amide bonds. The third-order valence-corrected chi connectivity index (χ3v) is 8.13. The number of carbonyl (C=O) groups is 1. The summed E-state index contributed by atoms with van der Waals surface area (Å²) in [5.41, 5.74) is 3.11. The van der Waals surface area contributed by atoms with Gasteiger partial charge < -0.3 is 15.1 Å². The summed E-state index contributed by atoms with van der Waals surface area (Å²) < 4.78 is 0. The zero-order valence-corrected chi connectivity index (χ0v) is 16.8. The molecule has 1 heterocycles. The lowest BCUT2D eigenvalue weighted by molar-refractivity contribution is 0.0812. The van der Waals surface area contributed by atoms with Gasteiger partial charge in [-0.25, -0.2) is 4.79 Å². The van der Waals surface area contributed by atoms with E-state index in [-0.39, 0.29) is 18.9 Å². The zero-order valence-electron chi connectivity index (χ0n) is 16.8. The highest BCUT2D eigenvalue weighted by molar-refractivity contribution is 5.74. The number of nitrogens with zero attached hydrogens (tertiary/aromatic N) is 2. The van der Waals surface area contributed by atoms with Crippen molar-refractivity contribution in [2.75, 3.05) is 27.2 Å². The van der Waals surface area contributed by atoms with Crippen molar-refractivity contribution in [3.63, 3.8) is 0 Å². The van der Waals surface area contributed by atoms with Gasteiger partial charge in [0, 0.05) is 27.0 Å². The van der Waals surface area contributed by atoms with Crippen LogP contribution in [0.3, 0.4) is 0 Å². The molecule has 2 bridgehead atoms. The van der Waals surface area contributed by atoms with E-state index >= 15 is 0 Å². The average molecular weight is 370 g/mol. The summed E-state index contributed by atoms with van der Waals surface area (Å²) in [5.74, 6) is 2.00. The van der Waals surface area contributed by atoms with Crippen LogP contribution in [0.1, 0.15) is 63.5 Å². The second kappa shape index (κ2) is 6.51. The van der Waals surface area contributed by atoms with Crippen LogP contribution in [0.5, 0.6) is 0 Å². The molecule has 0 radical (unpaired) electrons. The number of urea groups is 1. The first kappa shape index (κ1) is 17.5. The molecule has 3 aliphatic carbocycles. The first-order chi connectivity index (χ1) is 13.1. The molecule has 1 spiro atoms. The molecule has 1 N–H and O–H groups in total. The van der Waals surface area contributed by atoms with E-state index in [1.54, 1.807) is 4.90 Å². The van der Waals surface area contributed by atoms with Gasteiger partial charge in [0.2, 0.25) is 0 Å². The lowest BCUT2D eigenvalue weighted by atomic mass is 9.73. The van der Waals surface area contributed by atoms with Gasteiger partial charge in [0.25, 0.3) is 0 Å². The molecule has 0 aromatic heterocycles. The Kier molecular flexibility index (Phi) is 4.23. The van der Waals surface area contributed by atoms with Gasteiger partial charge in [-0.05, 0) is 74.6 Å². The van der Waals surface area contributed by atoms with Crippen LogP contribution < -0.4 is 5.32 Å². The second-order valence-electron chi connectivity index (χ2n) is 9.75. The number of nitrogens with one attached hydrogen (secondary N) is 1. The molecule has 1 saturated heterocycles. The van der Waals surface area contributed by atoms with Crippen LogP contribution in [0, 0.1) is 11.8 Å². The Morgan fingerprint density at radius 3 is 2.63 bits per heavy atom. The van der Waals surface area contributed by atoms with Crippen LogP contribution >= 0.6 is 0 Å². The van der Waals surface area contributed by atoms with Crippen LogP contribution in [-0.2, 0) is 5.41 Å². The standard InChI is InChI=1S/C23H33N3O.H2/c1-25(2)22(27)24-20-15-23(19-6-4-3-5-18(19)20)9-11-26(12-10-23)21-14-16-7-8-17(21)13-16;/h3-6,16-17,20-21H,7-15H2,1-2H3,(H,24,27);1H/t16-,17+,20-,21+;/m0./s1. The lowest BCUT2D eigenvalue weighted by Gasteiger charge is -2.44. The van der Waals surface area contributed by atoms with Crippen molar-refractivity contribution < 1.29 is 6.22 Å². The maximum Gasteiger partial charge on any atom is 0.317 e. The van der Waals surface area contributed by atoms with Crippen LogP contribution in [-0.4, -0.2) is 49.1 Å². The predicted molar refractivity (Wildman–Crippen MR) is 110 cm³/mol. The number of carbonyl (C=O) groups excluding carboxylic acids is 1. The summed E-state index contributed by atoms with van der Waals surface area (Å²) in [6, 6.07) is 9.89. The third-order valence-electron chi connectivity index (χ3n) is 8.13. The Bertz CT molecular complexity index is 728. The fourth-order valence-electron chi connectivity index (χ4n) is 6.72. The Labute approximate surface area is 164 Å². The molecule has 4 heteroatoms. The van der Waals surface area contributed by atoms with Gasteiger partial charge in [-0.3, -0.25) is 0 Å². The normalized spacial score (nSPS) is 34.0. The molecule has 2 saturated carbocycles. The Morgan fingerprint density at radius 1 is 1.19 bits per heavy atom. The lowest BCUT2D eigenvalue weighted by Crippen LogP contribution is -2.48. The molecule has 5 rings (SSSR count). The summed E-state index contributed by atoms with van der Waals surface area (Å²) >= 11 is 0. The number of benzene rings is 1. The van der Waals surface area contributed by atoms with Crippen molar-refractivity contribution >= 4 is 6.03 Å². The van der Waals surface area contributed by atoms with Crippen LogP contribution in [0.15, 0.2) is 24.3 Å². The Morgan fingerprint density at radius 2 is 1.96 bits per heavy atom. The van der Waals surface area contributed by atoms with Crippen molar-refractivity contribution in [3.8, 4) is 0 Å². The predicted octanol–water partition coefficient (Wildman–Crippen LogP) is 4.17. The van der Waals surface area contributed by atoms with Gasteiger partial charge in [-0.2, -0.15) is 0 Å². The van der Waals surface area contributed by atoms with Gasteiger partial charge in [0.1, 0.15) is 0 Å². The average Bonchev–Trinajstić information content (AvgIpc) is 3.38. The molecular weight excluding hydrogens is 334 g/mol. The largest absolute Gasteiger partial charge is 0.331 e. The number of likely N-dealkylation sites (tertiary alicyclic amines) is 1. The molecule has 3 fully saturated rings. The highest BCUT2D eigenvalue weighted by Crippen LogP contribution is 2.53. The maximum absolute atomic E-state index is 12.3. The van der Waals surface area contributed by atoms with Crippen LogP contribution in [0.4, 0.5) is 4.79 Å². The first-order valence-electron chi connectivity index (χ1n) is 10.9. The zero-order chi connectivity index (χ0) is 18.6. The molecule has 27 heavy (non-hydrogen) atoms. The van der Waals surface area contributed by atoms with E-state index in [1.807, 2.05) is 14.1 Å². The van der Waals surface area contributed by atoms with Crippen LogP contribution in [0.25, 0.3) is 0 Å². The van der Waals surface area contributed by atoms with Gasteiger partial charge in [-0.15, -0.1) is 0 Å². The van der Waals surface area contributed by atoms with E-state index in [1.165, 1.54) is 62.7 Å². The highest BCUT2D eigenvalue weighted by Gasteiger charge is 2.49. The number of piperidine rings is 1. The number of rotatable bonds is 2. The fourth-order valence-corrected chi connectivity index (χ4v) is 6.72. The van der Waals surface area contributed by atoms with Gasteiger partial charge in [-0.1, -0.05) is 30.7 Å². The first-order valence-corrected chi connectivity index (χ1v) is 10.9. The van der Waals surface area contributed by atoms with Gasteiger partial charge in [0.05, 0.1) is 6.04 Å². The number of fused-ring (bicyclic) bond motifs is 4. The molecule has 4 atom stereocenters. The van der Waals surface area contributed by atoms with Crippen LogP contribution in [0.2, 0.25) is 0 Å². The Hall–Kier alpha value is -1.55. The van der Waals surface area contributed by atoms with E-state index in [9.17, 15) is 4.79 Å². The summed E-state index contributed by atoms with van der Waals surface area (Å²) in [6.45, 7) is 2.47. The minimum atomic E-state index is 0. The van der Waals surface area contributed by atoms with Gasteiger partial charge >= 0.3 is 6.03 Å². The third kappa shape index (κ3) is 2.88. The molecule has 148 valence electrons. The van der Waals surface area contributed by atoms with E-state index in [0.29, 0.717) is 0 Å². The van der Waals surface area contributed by atoms with Gasteiger partial charge in [0.15, 0.2) is 0 Å². The SMILES string of the molecule is CN(C)C(=O)N[C@H]1CC2(CCN([C@@H]3C[C@H]4CC[C@@H]3C4)CC2)c2ccccc21.[HH]. The summed E-state index contributed by atoms with van der Waals surface area (Å²) in [4.78, 5) is 16.8. The monoisotopic (exact) mass is 369 g/mol. The van der Waals surface area contributed by atoms with E-state index in [2.05, 4.69) is 34.5 Å². The van der Waals surface area contributed by atoms with Crippen molar-refractivity contribution in [3.05, 3.63) is 35.4 Å².